The molecular weight excluding hydrogens is 306 g/mol. The molecule has 0 unspecified atom stereocenters. The maximum atomic E-state index is 12.4. The Hall–Kier alpha value is -2.41. The standard InChI is InChI=1S/C17H25N5O2/c1-11-12(6-5-7-13(11)19-10-17(2,3)4)16(24)18-8-14-20-15(9-23)22-21-14/h5-7,19,23H,8-10H2,1-4H3,(H,18,24)(H,20,21,22). The first kappa shape index (κ1) is 17.9. The molecule has 2 rings (SSSR count). The molecule has 1 amide bonds. The lowest BCUT2D eigenvalue weighted by molar-refractivity contribution is 0.0949. The van der Waals surface area contributed by atoms with E-state index in [1.807, 2.05) is 19.1 Å². The van der Waals surface area contributed by atoms with Crippen LogP contribution in [0.3, 0.4) is 0 Å². The van der Waals surface area contributed by atoms with Crippen molar-refractivity contribution >= 4 is 11.6 Å². The third-order valence-corrected chi connectivity index (χ3v) is 3.52. The van der Waals surface area contributed by atoms with E-state index in [0.717, 1.165) is 17.8 Å². The first-order valence-electron chi connectivity index (χ1n) is 7.93. The summed E-state index contributed by atoms with van der Waals surface area (Å²) in [4.78, 5) is 16.5. The predicted molar refractivity (Wildman–Crippen MR) is 92.6 cm³/mol. The Bertz CT molecular complexity index is 703. The van der Waals surface area contributed by atoms with E-state index in [0.29, 0.717) is 17.2 Å². The van der Waals surface area contributed by atoms with E-state index in [4.69, 9.17) is 5.11 Å². The van der Waals surface area contributed by atoms with Crippen molar-refractivity contribution in [3.8, 4) is 0 Å². The molecule has 0 spiro atoms. The summed E-state index contributed by atoms with van der Waals surface area (Å²) in [6.45, 7) is 9.22. The molecule has 0 atom stereocenters. The molecular formula is C17H25N5O2. The zero-order valence-corrected chi connectivity index (χ0v) is 14.6. The molecule has 0 fully saturated rings. The van der Waals surface area contributed by atoms with Crippen LogP contribution in [0.1, 0.15) is 48.3 Å². The van der Waals surface area contributed by atoms with Crippen molar-refractivity contribution in [1.29, 1.82) is 0 Å². The Labute approximate surface area is 141 Å². The average molecular weight is 331 g/mol. The number of anilines is 1. The summed E-state index contributed by atoms with van der Waals surface area (Å²) in [6, 6.07) is 5.64. The van der Waals surface area contributed by atoms with Crippen LogP contribution in [0.25, 0.3) is 0 Å². The number of aliphatic hydroxyl groups excluding tert-OH is 1. The van der Waals surface area contributed by atoms with Crippen LogP contribution >= 0.6 is 0 Å². The van der Waals surface area contributed by atoms with Gasteiger partial charge in [-0.25, -0.2) is 4.98 Å². The molecule has 1 aromatic heterocycles. The normalized spacial score (nSPS) is 11.4. The van der Waals surface area contributed by atoms with E-state index in [-0.39, 0.29) is 24.5 Å². The molecule has 1 heterocycles. The van der Waals surface area contributed by atoms with Crippen LogP contribution in [0.4, 0.5) is 5.69 Å². The summed E-state index contributed by atoms with van der Waals surface area (Å²) in [7, 11) is 0. The molecule has 24 heavy (non-hydrogen) atoms. The van der Waals surface area contributed by atoms with Crippen molar-refractivity contribution in [3.05, 3.63) is 41.0 Å². The number of aromatic amines is 1. The molecule has 1 aromatic carbocycles. The lowest BCUT2D eigenvalue weighted by atomic mass is 9.96. The zero-order chi connectivity index (χ0) is 17.7. The number of hydrogen-bond acceptors (Lipinski definition) is 5. The van der Waals surface area contributed by atoms with Gasteiger partial charge in [0.05, 0.1) is 6.54 Å². The third-order valence-electron chi connectivity index (χ3n) is 3.52. The van der Waals surface area contributed by atoms with Gasteiger partial charge in [0.1, 0.15) is 12.4 Å². The summed E-state index contributed by atoms with van der Waals surface area (Å²) < 4.78 is 0. The number of amides is 1. The number of carbonyl (C=O) groups excluding carboxylic acids is 1. The van der Waals surface area contributed by atoms with Crippen LogP contribution in [-0.4, -0.2) is 32.7 Å². The second kappa shape index (κ2) is 7.44. The van der Waals surface area contributed by atoms with Crippen molar-refractivity contribution in [2.45, 2.75) is 40.8 Å². The molecule has 7 heteroatoms. The Kier molecular flexibility index (Phi) is 5.56. The second-order valence-corrected chi connectivity index (χ2v) is 6.93. The van der Waals surface area contributed by atoms with Crippen molar-refractivity contribution in [2.24, 2.45) is 5.41 Å². The number of rotatable bonds is 6. The van der Waals surface area contributed by atoms with Gasteiger partial charge in [-0.2, -0.15) is 5.10 Å². The molecule has 0 saturated carbocycles. The molecule has 0 aliphatic carbocycles. The highest BCUT2D eigenvalue weighted by molar-refractivity contribution is 5.96. The first-order chi connectivity index (χ1) is 11.3. The molecule has 0 aliphatic heterocycles. The van der Waals surface area contributed by atoms with E-state index in [2.05, 4.69) is 46.6 Å². The van der Waals surface area contributed by atoms with Crippen LogP contribution in [0, 0.1) is 12.3 Å². The lowest BCUT2D eigenvalue weighted by Crippen LogP contribution is -2.25. The van der Waals surface area contributed by atoms with Gasteiger partial charge in [-0.15, -0.1) is 0 Å². The van der Waals surface area contributed by atoms with Gasteiger partial charge in [-0.1, -0.05) is 26.8 Å². The quantitative estimate of drug-likeness (QED) is 0.648. The summed E-state index contributed by atoms with van der Waals surface area (Å²) in [5.41, 5.74) is 2.64. The number of nitrogens with one attached hydrogen (secondary N) is 3. The molecule has 0 bridgehead atoms. The number of nitrogens with zero attached hydrogens (tertiary/aromatic N) is 2. The molecule has 0 aliphatic rings. The Morgan fingerprint density at radius 1 is 1.33 bits per heavy atom. The minimum absolute atomic E-state index is 0.154. The van der Waals surface area contributed by atoms with Crippen molar-refractivity contribution in [1.82, 2.24) is 20.5 Å². The molecule has 2 aromatic rings. The van der Waals surface area contributed by atoms with Crippen molar-refractivity contribution < 1.29 is 9.90 Å². The monoisotopic (exact) mass is 331 g/mol. The minimum Gasteiger partial charge on any atom is -0.388 e. The summed E-state index contributed by atoms with van der Waals surface area (Å²) in [6.07, 6.45) is 0. The highest BCUT2D eigenvalue weighted by Crippen LogP contribution is 2.21. The highest BCUT2D eigenvalue weighted by Gasteiger charge is 2.14. The van der Waals surface area contributed by atoms with Gasteiger partial charge < -0.3 is 15.7 Å². The van der Waals surface area contributed by atoms with Crippen LogP contribution in [-0.2, 0) is 13.2 Å². The average Bonchev–Trinajstić information content (AvgIpc) is 2.99. The number of carbonyl (C=O) groups is 1. The minimum atomic E-state index is -0.231. The fourth-order valence-corrected chi connectivity index (χ4v) is 2.18. The van der Waals surface area contributed by atoms with Crippen molar-refractivity contribution in [2.75, 3.05) is 11.9 Å². The first-order valence-corrected chi connectivity index (χ1v) is 7.93. The third kappa shape index (κ3) is 4.79. The van der Waals surface area contributed by atoms with Gasteiger partial charge >= 0.3 is 0 Å². The largest absolute Gasteiger partial charge is 0.388 e. The number of H-pyrrole nitrogens is 1. The van der Waals surface area contributed by atoms with Gasteiger partial charge in [0.25, 0.3) is 5.91 Å². The SMILES string of the molecule is Cc1c(NCC(C)(C)C)cccc1C(=O)NCc1nc(CO)n[nH]1. The number of aliphatic hydroxyl groups is 1. The Balaban J connectivity index is 2.03. The number of aromatic nitrogens is 3. The molecule has 4 N–H and O–H groups in total. The van der Waals surface area contributed by atoms with E-state index < -0.39 is 0 Å². The summed E-state index contributed by atoms with van der Waals surface area (Å²) in [5.74, 6) is 0.643. The second-order valence-electron chi connectivity index (χ2n) is 6.93. The lowest BCUT2D eigenvalue weighted by Gasteiger charge is -2.21. The van der Waals surface area contributed by atoms with Crippen molar-refractivity contribution in [3.63, 3.8) is 0 Å². The molecule has 0 saturated heterocycles. The van der Waals surface area contributed by atoms with Crippen LogP contribution in [0.5, 0.6) is 0 Å². The van der Waals surface area contributed by atoms with Gasteiger partial charge in [-0.3, -0.25) is 9.89 Å². The highest BCUT2D eigenvalue weighted by atomic mass is 16.3. The van der Waals surface area contributed by atoms with E-state index in [1.165, 1.54) is 0 Å². The van der Waals surface area contributed by atoms with Crippen LogP contribution in [0.15, 0.2) is 18.2 Å². The zero-order valence-electron chi connectivity index (χ0n) is 14.6. The molecule has 130 valence electrons. The van der Waals surface area contributed by atoms with Gasteiger partial charge in [0.15, 0.2) is 5.82 Å². The maximum absolute atomic E-state index is 12.4. The molecule has 0 radical (unpaired) electrons. The summed E-state index contributed by atoms with van der Waals surface area (Å²) >= 11 is 0. The maximum Gasteiger partial charge on any atom is 0.252 e. The molecule has 7 nitrogen and oxygen atoms in total. The number of benzene rings is 1. The van der Waals surface area contributed by atoms with Gasteiger partial charge in [0.2, 0.25) is 0 Å². The predicted octanol–water partition coefficient (Wildman–Crippen LogP) is 1.99. The number of hydrogen-bond donors (Lipinski definition) is 4. The Morgan fingerprint density at radius 3 is 2.71 bits per heavy atom. The van der Waals surface area contributed by atoms with Gasteiger partial charge in [0, 0.05) is 17.8 Å². The Morgan fingerprint density at radius 2 is 2.08 bits per heavy atom. The topological polar surface area (TPSA) is 103 Å². The van der Waals surface area contributed by atoms with Crippen LogP contribution < -0.4 is 10.6 Å². The fraction of sp³-hybridized carbons (Fsp3) is 0.471. The van der Waals surface area contributed by atoms with E-state index in [1.54, 1.807) is 6.07 Å². The van der Waals surface area contributed by atoms with Gasteiger partial charge in [-0.05, 0) is 30.0 Å². The summed E-state index contributed by atoms with van der Waals surface area (Å²) in [5, 5.41) is 21.6. The smallest absolute Gasteiger partial charge is 0.252 e. The van der Waals surface area contributed by atoms with E-state index >= 15 is 0 Å². The fourth-order valence-electron chi connectivity index (χ4n) is 2.18. The van der Waals surface area contributed by atoms with E-state index in [9.17, 15) is 4.79 Å². The van der Waals surface area contributed by atoms with Crippen LogP contribution in [0.2, 0.25) is 0 Å².